The summed E-state index contributed by atoms with van der Waals surface area (Å²) in [6.07, 6.45) is 4.06. The molecule has 3 heterocycles. The van der Waals surface area contributed by atoms with Crippen LogP contribution in [0.2, 0.25) is 0 Å². The second kappa shape index (κ2) is 4.08. The lowest BCUT2D eigenvalue weighted by Gasteiger charge is -2.42. The van der Waals surface area contributed by atoms with Crippen LogP contribution in [0.3, 0.4) is 0 Å². The van der Waals surface area contributed by atoms with Crippen LogP contribution < -0.4 is 5.32 Å². The Balaban J connectivity index is 1.81. The van der Waals surface area contributed by atoms with Crippen LogP contribution in [0.1, 0.15) is 55.8 Å². The smallest absolute Gasteiger partial charge is 0.145 e. The third-order valence-corrected chi connectivity index (χ3v) is 4.78. The average molecular weight is 237 g/mol. The third-order valence-electron chi connectivity index (χ3n) is 3.92. The van der Waals surface area contributed by atoms with E-state index < -0.39 is 0 Å². The van der Waals surface area contributed by atoms with Crippen LogP contribution in [-0.4, -0.2) is 21.9 Å². The quantitative estimate of drug-likeness (QED) is 0.859. The number of aromatic nitrogens is 2. The summed E-state index contributed by atoms with van der Waals surface area (Å²) >= 11 is 1.62. The summed E-state index contributed by atoms with van der Waals surface area (Å²) in [6, 6.07) is 0.665. The Hall–Kier alpha value is -0.480. The number of nitrogens with zero attached hydrogens (tertiary/aromatic N) is 2. The van der Waals surface area contributed by atoms with E-state index in [1.54, 1.807) is 11.5 Å². The van der Waals surface area contributed by atoms with Gasteiger partial charge in [0.15, 0.2) is 0 Å². The van der Waals surface area contributed by atoms with Crippen molar-refractivity contribution in [3.63, 3.8) is 0 Å². The zero-order chi connectivity index (χ0) is 11.1. The zero-order valence-corrected chi connectivity index (χ0v) is 10.8. The molecular weight excluding hydrogens is 218 g/mol. The molecule has 1 saturated carbocycles. The molecule has 0 aromatic carbocycles. The molecule has 4 rings (SSSR count). The van der Waals surface area contributed by atoms with Crippen molar-refractivity contribution in [1.82, 2.24) is 14.7 Å². The van der Waals surface area contributed by atoms with Crippen molar-refractivity contribution in [2.45, 2.75) is 51.0 Å². The van der Waals surface area contributed by atoms with E-state index in [1.165, 1.54) is 30.8 Å². The molecule has 0 amide bonds. The Kier molecular flexibility index (Phi) is 2.72. The molecule has 2 bridgehead atoms. The number of rotatable bonds is 2. The Morgan fingerprint density at radius 1 is 1.38 bits per heavy atom. The molecule has 88 valence electrons. The third kappa shape index (κ3) is 1.78. The summed E-state index contributed by atoms with van der Waals surface area (Å²) in [5, 5.41) is 4.91. The molecule has 3 fully saturated rings. The molecule has 3 aliphatic rings. The maximum Gasteiger partial charge on any atom is 0.145 e. The minimum absolute atomic E-state index is 0.457. The lowest BCUT2D eigenvalue weighted by Crippen LogP contribution is -2.48. The van der Waals surface area contributed by atoms with Crippen molar-refractivity contribution >= 4 is 11.5 Å². The molecule has 0 spiro atoms. The van der Waals surface area contributed by atoms with Gasteiger partial charge in [-0.3, -0.25) is 0 Å². The monoisotopic (exact) mass is 237 g/mol. The van der Waals surface area contributed by atoms with E-state index in [9.17, 15) is 0 Å². The van der Waals surface area contributed by atoms with Gasteiger partial charge in [0.2, 0.25) is 0 Å². The molecule has 16 heavy (non-hydrogen) atoms. The highest BCUT2D eigenvalue weighted by Crippen LogP contribution is 2.40. The van der Waals surface area contributed by atoms with Crippen LogP contribution in [0.4, 0.5) is 0 Å². The predicted molar refractivity (Wildman–Crippen MR) is 65.9 cm³/mol. The van der Waals surface area contributed by atoms with Crippen molar-refractivity contribution in [2.24, 2.45) is 5.92 Å². The van der Waals surface area contributed by atoms with Gasteiger partial charge in [0, 0.05) is 17.9 Å². The normalized spacial score (nSPS) is 33.6. The topological polar surface area (TPSA) is 37.8 Å². The molecule has 0 radical (unpaired) electrons. The van der Waals surface area contributed by atoms with Gasteiger partial charge in [0.1, 0.15) is 10.8 Å². The molecular formula is C12H19N3S. The first-order chi connectivity index (χ1) is 7.74. The van der Waals surface area contributed by atoms with Crippen molar-refractivity contribution < 1.29 is 0 Å². The van der Waals surface area contributed by atoms with Crippen molar-refractivity contribution in [2.75, 3.05) is 6.54 Å². The average Bonchev–Trinajstić information content (AvgIpc) is 2.80. The van der Waals surface area contributed by atoms with E-state index in [4.69, 9.17) is 4.98 Å². The Morgan fingerprint density at radius 3 is 2.75 bits per heavy atom. The summed E-state index contributed by atoms with van der Waals surface area (Å²) in [5.74, 6) is 3.00. The van der Waals surface area contributed by atoms with Crippen molar-refractivity contribution in [1.29, 1.82) is 0 Å². The maximum absolute atomic E-state index is 4.72. The van der Waals surface area contributed by atoms with Crippen LogP contribution in [0, 0.1) is 5.92 Å². The highest BCUT2D eigenvalue weighted by Gasteiger charge is 2.37. The standard InChI is InChI=1S/C12H19N3S/c1-7(2)11-14-12(16-15-11)9-5-8-3-4-10(9)13-6-8/h7-10,13H,3-6H2,1-2H3/t8?,9-,10-/m1/s1. The van der Waals surface area contributed by atoms with Gasteiger partial charge in [-0.2, -0.15) is 4.37 Å². The van der Waals surface area contributed by atoms with Gasteiger partial charge in [-0.15, -0.1) is 0 Å². The van der Waals surface area contributed by atoms with Crippen molar-refractivity contribution in [3.05, 3.63) is 10.8 Å². The minimum Gasteiger partial charge on any atom is -0.313 e. The molecule has 4 heteroatoms. The maximum atomic E-state index is 4.72. The fraction of sp³-hybridized carbons (Fsp3) is 0.833. The number of nitrogens with one attached hydrogen (secondary N) is 1. The molecule has 1 N–H and O–H groups in total. The van der Waals surface area contributed by atoms with Gasteiger partial charge < -0.3 is 5.32 Å². The Labute approximate surface area is 101 Å². The fourth-order valence-electron chi connectivity index (χ4n) is 2.91. The molecule has 2 aliphatic heterocycles. The second-order valence-corrected chi connectivity index (χ2v) is 6.23. The van der Waals surface area contributed by atoms with Crippen LogP contribution >= 0.6 is 11.5 Å². The first kappa shape index (κ1) is 10.7. The summed E-state index contributed by atoms with van der Waals surface area (Å²) in [7, 11) is 0. The Morgan fingerprint density at radius 2 is 2.25 bits per heavy atom. The molecule has 1 aromatic rings. The summed E-state index contributed by atoms with van der Waals surface area (Å²) in [5.41, 5.74) is 0. The summed E-state index contributed by atoms with van der Waals surface area (Å²) in [4.78, 5) is 4.72. The van der Waals surface area contributed by atoms with Crippen LogP contribution in [0.5, 0.6) is 0 Å². The van der Waals surface area contributed by atoms with Gasteiger partial charge >= 0.3 is 0 Å². The van der Waals surface area contributed by atoms with E-state index in [0.717, 1.165) is 11.7 Å². The van der Waals surface area contributed by atoms with E-state index in [-0.39, 0.29) is 0 Å². The first-order valence-electron chi connectivity index (χ1n) is 6.31. The number of piperidine rings is 2. The highest BCUT2D eigenvalue weighted by molar-refractivity contribution is 7.05. The SMILES string of the molecule is CC(C)c1nsc([C@@H]2CC3CC[C@H]2NC3)n1. The zero-order valence-electron chi connectivity index (χ0n) is 9.94. The van der Waals surface area contributed by atoms with Gasteiger partial charge in [-0.25, -0.2) is 4.98 Å². The minimum atomic E-state index is 0.457. The van der Waals surface area contributed by atoms with Crippen LogP contribution in [0.25, 0.3) is 0 Å². The second-order valence-electron chi connectivity index (χ2n) is 5.45. The molecule has 2 saturated heterocycles. The van der Waals surface area contributed by atoms with Gasteiger partial charge in [-0.05, 0) is 43.3 Å². The fourth-order valence-corrected chi connectivity index (χ4v) is 3.88. The lowest BCUT2D eigenvalue weighted by molar-refractivity contribution is 0.182. The van der Waals surface area contributed by atoms with Crippen molar-refractivity contribution in [3.8, 4) is 0 Å². The molecule has 1 aromatic heterocycles. The highest BCUT2D eigenvalue weighted by atomic mass is 32.1. The van der Waals surface area contributed by atoms with E-state index in [1.807, 2.05) is 0 Å². The largest absolute Gasteiger partial charge is 0.313 e. The van der Waals surface area contributed by atoms with Gasteiger partial charge in [0.25, 0.3) is 0 Å². The van der Waals surface area contributed by atoms with E-state index >= 15 is 0 Å². The number of fused-ring (bicyclic) bond motifs is 3. The number of hydrogen-bond acceptors (Lipinski definition) is 4. The van der Waals surface area contributed by atoms with Gasteiger partial charge in [0.05, 0.1) is 0 Å². The molecule has 1 unspecified atom stereocenters. The van der Waals surface area contributed by atoms with E-state index in [0.29, 0.717) is 17.9 Å². The number of hydrogen-bond donors (Lipinski definition) is 1. The predicted octanol–water partition coefficient (Wildman–Crippen LogP) is 2.52. The lowest BCUT2D eigenvalue weighted by atomic mass is 9.74. The Bertz CT molecular complexity index is 366. The van der Waals surface area contributed by atoms with Crippen LogP contribution in [-0.2, 0) is 0 Å². The van der Waals surface area contributed by atoms with Gasteiger partial charge in [-0.1, -0.05) is 13.8 Å². The molecule has 1 aliphatic carbocycles. The summed E-state index contributed by atoms with van der Waals surface area (Å²) in [6.45, 7) is 5.55. The van der Waals surface area contributed by atoms with Crippen LogP contribution in [0.15, 0.2) is 0 Å². The summed E-state index contributed by atoms with van der Waals surface area (Å²) < 4.78 is 4.48. The van der Waals surface area contributed by atoms with E-state index in [2.05, 4.69) is 23.5 Å². The molecule has 3 atom stereocenters. The molecule has 3 nitrogen and oxygen atoms in total. The first-order valence-corrected chi connectivity index (χ1v) is 7.08.